The lowest BCUT2D eigenvalue weighted by Crippen LogP contribution is -2.35. The van der Waals surface area contributed by atoms with Crippen molar-refractivity contribution >= 4 is 5.91 Å². The summed E-state index contributed by atoms with van der Waals surface area (Å²) in [5.74, 6) is 0.391. The van der Waals surface area contributed by atoms with Crippen LogP contribution in [0.5, 0.6) is 5.75 Å². The fourth-order valence-electron chi connectivity index (χ4n) is 1.55. The Morgan fingerprint density at radius 3 is 2.65 bits per heavy atom. The molecule has 4 nitrogen and oxygen atoms in total. The van der Waals surface area contributed by atoms with Gasteiger partial charge >= 0.3 is 6.61 Å². The van der Waals surface area contributed by atoms with E-state index in [2.05, 4.69) is 15.4 Å². The van der Waals surface area contributed by atoms with Crippen molar-refractivity contribution < 1.29 is 18.3 Å². The van der Waals surface area contributed by atoms with Gasteiger partial charge in [0.25, 0.3) is 0 Å². The number of hydrogen-bond acceptors (Lipinski definition) is 3. The number of ether oxygens (including phenoxy) is 1. The Hall–Kier alpha value is -1.69. The number of rotatable bonds is 8. The number of hydrogen-bond donors (Lipinski definition) is 2. The molecule has 2 N–H and O–H groups in total. The van der Waals surface area contributed by atoms with Gasteiger partial charge in [-0.05, 0) is 12.0 Å². The minimum atomic E-state index is -2.86. The van der Waals surface area contributed by atoms with Crippen molar-refractivity contribution in [1.82, 2.24) is 10.6 Å². The molecule has 6 heteroatoms. The van der Waals surface area contributed by atoms with Gasteiger partial charge in [0.1, 0.15) is 5.75 Å². The van der Waals surface area contributed by atoms with Crippen molar-refractivity contribution in [2.45, 2.75) is 27.0 Å². The molecule has 0 spiro atoms. The second-order valence-corrected chi connectivity index (χ2v) is 4.79. The topological polar surface area (TPSA) is 50.4 Å². The van der Waals surface area contributed by atoms with Crippen LogP contribution in [0.2, 0.25) is 0 Å². The number of carbonyl (C=O) groups is 1. The fourth-order valence-corrected chi connectivity index (χ4v) is 1.55. The largest absolute Gasteiger partial charge is 0.434 e. The first kappa shape index (κ1) is 16.4. The lowest BCUT2D eigenvalue weighted by atomic mass is 10.2. The van der Waals surface area contributed by atoms with E-state index in [1.165, 1.54) is 6.07 Å². The molecule has 0 atom stereocenters. The molecule has 0 aliphatic rings. The van der Waals surface area contributed by atoms with Crippen LogP contribution in [0.4, 0.5) is 8.78 Å². The number of benzene rings is 1. The predicted molar refractivity (Wildman–Crippen MR) is 72.6 cm³/mol. The van der Waals surface area contributed by atoms with Gasteiger partial charge in [0, 0.05) is 18.7 Å². The summed E-state index contributed by atoms with van der Waals surface area (Å²) < 4.78 is 28.8. The Morgan fingerprint density at radius 2 is 2.00 bits per heavy atom. The maximum Gasteiger partial charge on any atom is 0.387 e. The molecule has 1 aromatic carbocycles. The van der Waals surface area contributed by atoms with E-state index in [4.69, 9.17) is 0 Å². The summed E-state index contributed by atoms with van der Waals surface area (Å²) in [4.78, 5) is 11.5. The number of para-hydroxylation sites is 1. The van der Waals surface area contributed by atoms with Gasteiger partial charge in [0.05, 0.1) is 6.54 Å². The van der Waals surface area contributed by atoms with Crippen molar-refractivity contribution in [3.8, 4) is 5.75 Å². The molecule has 1 amide bonds. The summed E-state index contributed by atoms with van der Waals surface area (Å²) in [7, 11) is 0. The normalized spacial score (nSPS) is 10.9. The molecule has 0 aromatic heterocycles. The van der Waals surface area contributed by atoms with Crippen LogP contribution in [0, 0.1) is 5.92 Å². The Labute approximate surface area is 117 Å². The quantitative estimate of drug-likeness (QED) is 0.770. The first-order valence-corrected chi connectivity index (χ1v) is 6.49. The lowest BCUT2D eigenvalue weighted by Gasteiger charge is -2.12. The van der Waals surface area contributed by atoms with Crippen molar-refractivity contribution in [3.05, 3.63) is 29.8 Å². The minimum absolute atomic E-state index is 0.119. The van der Waals surface area contributed by atoms with Gasteiger partial charge < -0.3 is 15.4 Å². The van der Waals surface area contributed by atoms with Crippen molar-refractivity contribution in [3.63, 3.8) is 0 Å². The Bertz CT molecular complexity index is 425. The van der Waals surface area contributed by atoms with Crippen molar-refractivity contribution in [2.75, 3.05) is 13.1 Å². The van der Waals surface area contributed by atoms with Gasteiger partial charge in [0.2, 0.25) is 5.91 Å². The monoisotopic (exact) mass is 286 g/mol. The molecule has 112 valence electrons. The molecule has 0 unspecified atom stereocenters. The van der Waals surface area contributed by atoms with E-state index in [0.29, 0.717) is 18.0 Å². The molecule has 0 fully saturated rings. The first-order chi connectivity index (χ1) is 9.49. The standard InChI is InChI=1S/C14H20F2N2O2/c1-10(2)7-18-13(19)9-17-8-11-5-3-4-6-12(11)20-14(15)16/h3-6,10,14,17H,7-9H2,1-2H3,(H,18,19). The number of carbonyl (C=O) groups excluding carboxylic acids is 1. The summed E-state index contributed by atoms with van der Waals surface area (Å²) in [6.45, 7) is 2.20. The van der Waals surface area contributed by atoms with E-state index >= 15 is 0 Å². The van der Waals surface area contributed by atoms with Crippen LogP contribution in [0.3, 0.4) is 0 Å². The molecule has 20 heavy (non-hydrogen) atoms. The van der Waals surface area contributed by atoms with E-state index < -0.39 is 6.61 Å². The van der Waals surface area contributed by atoms with Crippen molar-refractivity contribution in [1.29, 1.82) is 0 Å². The Balaban J connectivity index is 2.40. The molecule has 0 aliphatic heterocycles. The molecule has 0 aliphatic carbocycles. The van der Waals surface area contributed by atoms with Crippen LogP contribution in [-0.4, -0.2) is 25.6 Å². The third-order valence-electron chi connectivity index (χ3n) is 2.50. The highest BCUT2D eigenvalue weighted by Gasteiger charge is 2.09. The summed E-state index contributed by atoms with van der Waals surface area (Å²) in [5, 5.41) is 5.66. The molecular weight excluding hydrogens is 266 g/mol. The van der Waals surface area contributed by atoms with Crippen LogP contribution < -0.4 is 15.4 Å². The zero-order valence-corrected chi connectivity index (χ0v) is 11.7. The van der Waals surface area contributed by atoms with Crippen molar-refractivity contribution in [2.24, 2.45) is 5.92 Å². The zero-order chi connectivity index (χ0) is 15.0. The summed E-state index contributed by atoms with van der Waals surface area (Å²) in [5.41, 5.74) is 0.587. The van der Waals surface area contributed by atoms with E-state index in [9.17, 15) is 13.6 Å². The molecule has 0 saturated carbocycles. The first-order valence-electron chi connectivity index (χ1n) is 6.49. The zero-order valence-electron chi connectivity index (χ0n) is 11.7. The highest BCUT2D eigenvalue weighted by molar-refractivity contribution is 5.77. The predicted octanol–water partition coefficient (Wildman–Crippen LogP) is 2.15. The third kappa shape index (κ3) is 6.47. The second-order valence-electron chi connectivity index (χ2n) is 4.79. The average molecular weight is 286 g/mol. The molecule has 1 rings (SSSR count). The third-order valence-corrected chi connectivity index (χ3v) is 2.50. The van der Waals surface area contributed by atoms with Gasteiger partial charge in [-0.2, -0.15) is 8.78 Å². The van der Waals surface area contributed by atoms with Crippen LogP contribution >= 0.6 is 0 Å². The summed E-state index contributed by atoms with van der Waals surface area (Å²) >= 11 is 0. The maximum atomic E-state index is 12.2. The number of nitrogens with one attached hydrogen (secondary N) is 2. The lowest BCUT2D eigenvalue weighted by molar-refractivity contribution is -0.120. The van der Waals surface area contributed by atoms with Gasteiger partial charge in [-0.25, -0.2) is 0 Å². The minimum Gasteiger partial charge on any atom is -0.434 e. The Kier molecular flexibility index (Phi) is 6.93. The van der Waals surface area contributed by atoms with Crippen LogP contribution in [0.15, 0.2) is 24.3 Å². The van der Waals surface area contributed by atoms with E-state index in [1.807, 2.05) is 13.8 Å². The number of alkyl halides is 2. The van der Waals surface area contributed by atoms with Crippen LogP contribution in [0.25, 0.3) is 0 Å². The summed E-state index contributed by atoms with van der Waals surface area (Å²) in [6.07, 6.45) is 0. The molecule has 0 heterocycles. The van der Waals surface area contributed by atoms with Gasteiger partial charge in [0.15, 0.2) is 0 Å². The molecule has 0 radical (unpaired) electrons. The molecule has 1 aromatic rings. The second kappa shape index (κ2) is 8.47. The Morgan fingerprint density at radius 1 is 1.30 bits per heavy atom. The SMILES string of the molecule is CC(C)CNC(=O)CNCc1ccccc1OC(F)F. The average Bonchev–Trinajstić information content (AvgIpc) is 2.38. The highest BCUT2D eigenvalue weighted by Crippen LogP contribution is 2.19. The van der Waals surface area contributed by atoms with Gasteiger partial charge in [-0.3, -0.25) is 4.79 Å². The van der Waals surface area contributed by atoms with E-state index in [1.54, 1.807) is 18.2 Å². The molecule has 0 saturated heterocycles. The smallest absolute Gasteiger partial charge is 0.387 e. The van der Waals surface area contributed by atoms with E-state index in [0.717, 1.165) is 0 Å². The van der Waals surface area contributed by atoms with Crippen LogP contribution in [-0.2, 0) is 11.3 Å². The van der Waals surface area contributed by atoms with Gasteiger partial charge in [-0.1, -0.05) is 32.0 Å². The number of amides is 1. The van der Waals surface area contributed by atoms with E-state index in [-0.39, 0.29) is 24.7 Å². The molecular formula is C14H20F2N2O2. The molecule has 0 bridgehead atoms. The maximum absolute atomic E-state index is 12.2. The number of halogens is 2. The van der Waals surface area contributed by atoms with Gasteiger partial charge in [-0.15, -0.1) is 0 Å². The highest BCUT2D eigenvalue weighted by atomic mass is 19.3. The summed E-state index contributed by atoms with van der Waals surface area (Å²) in [6, 6.07) is 6.50. The van der Waals surface area contributed by atoms with Crippen LogP contribution in [0.1, 0.15) is 19.4 Å². The fraction of sp³-hybridized carbons (Fsp3) is 0.500.